The van der Waals surface area contributed by atoms with E-state index in [1.165, 1.54) is 24.3 Å². The second kappa shape index (κ2) is 10.7. The van der Waals surface area contributed by atoms with E-state index in [-0.39, 0.29) is 24.3 Å². The fourth-order valence-corrected chi connectivity index (χ4v) is 9.51. The van der Waals surface area contributed by atoms with Gasteiger partial charge in [-0.25, -0.2) is 16.8 Å². The molecule has 1 unspecified atom stereocenters. The van der Waals surface area contributed by atoms with Gasteiger partial charge in [0.25, 0.3) is 20.0 Å². The first-order valence-corrected chi connectivity index (χ1v) is 15.4. The maximum atomic E-state index is 14.3. The number of carboxylic acid groups (broad SMARTS) is 1. The van der Waals surface area contributed by atoms with E-state index >= 15 is 0 Å². The molecule has 0 aliphatic rings. The van der Waals surface area contributed by atoms with Gasteiger partial charge in [0.1, 0.15) is 6.04 Å². The molecule has 4 aromatic rings. The fraction of sp³-hybridized carbons (Fsp3) is 0.222. The van der Waals surface area contributed by atoms with Crippen LogP contribution in [0.5, 0.6) is 0 Å². The maximum Gasteiger partial charge on any atom is 0.324 e. The number of rotatable bonds is 9. The molecule has 0 spiro atoms. The first kappa shape index (κ1) is 28.7. The number of thiol groups is 1. The number of anilines is 2. The predicted octanol–water partition coefficient (Wildman–Crippen LogP) is 3.89. The van der Waals surface area contributed by atoms with Crippen LogP contribution in [-0.2, 0) is 24.8 Å². The van der Waals surface area contributed by atoms with Crippen LogP contribution in [0.2, 0.25) is 0 Å². The first-order chi connectivity index (χ1) is 18.3. The molecule has 12 heteroatoms. The molecule has 0 saturated carbocycles. The van der Waals surface area contributed by atoms with Crippen LogP contribution < -0.4 is 9.80 Å². The maximum absolute atomic E-state index is 14.3. The van der Waals surface area contributed by atoms with Crippen molar-refractivity contribution in [1.82, 2.24) is 3.71 Å². The minimum absolute atomic E-state index is 0.101. The van der Waals surface area contributed by atoms with Crippen molar-refractivity contribution in [3.8, 4) is 0 Å². The van der Waals surface area contributed by atoms with Gasteiger partial charge in [0.15, 0.2) is 0 Å². The molecule has 0 aliphatic heterocycles. The number of carboxylic acids is 1. The van der Waals surface area contributed by atoms with Crippen LogP contribution in [0.3, 0.4) is 0 Å². The molecule has 39 heavy (non-hydrogen) atoms. The fourth-order valence-electron chi connectivity index (χ4n) is 4.65. The molecule has 1 atom stereocenters. The summed E-state index contributed by atoms with van der Waals surface area (Å²) in [5.41, 5.74) is 1.43. The van der Waals surface area contributed by atoms with Crippen molar-refractivity contribution in [3.05, 3.63) is 72.8 Å². The van der Waals surface area contributed by atoms with Crippen molar-refractivity contribution >= 4 is 71.6 Å². The molecule has 4 rings (SSSR count). The normalized spacial score (nSPS) is 13.1. The SMILES string of the molecule is CN(C)c1cccc2c(S(=O)(=O)N(C(CS)C(=O)O)S(=O)(=O)c3cccc4c(N(C)C)cccc34)cccc12. The van der Waals surface area contributed by atoms with E-state index < -0.39 is 37.8 Å². The molecule has 9 nitrogen and oxygen atoms in total. The molecule has 206 valence electrons. The zero-order chi connectivity index (χ0) is 28.7. The van der Waals surface area contributed by atoms with Crippen molar-refractivity contribution < 1.29 is 26.7 Å². The minimum Gasteiger partial charge on any atom is -0.480 e. The smallest absolute Gasteiger partial charge is 0.324 e. The summed E-state index contributed by atoms with van der Waals surface area (Å²) in [5.74, 6) is -2.21. The van der Waals surface area contributed by atoms with Crippen LogP contribution in [0, 0.1) is 0 Å². The van der Waals surface area contributed by atoms with Crippen LogP contribution >= 0.6 is 12.6 Å². The van der Waals surface area contributed by atoms with E-state index in [9.17, 15) is 26.7 Å². The highest BCUT2D eigenvalue weighted by atomic mass is 32.3. The van der Waals surface area contributed by atoms with E-state index in [1.807, 2.05) is 0 Å². The summed E-state index contributed by atoms with van der Waals surface area (Å²) < 4.78 is 57.3. The van der Waals surface area contributed by atoms with Crippen LogP contribution in [0.25, 0.3) is 21.5 Å². The quantitative estimate of drug-likeness (QED) is 0.284. The molecule has 0 fully saturated rings. The van der Waals surface area contributed by atoms with Crippen molar-refractivity contribution in [2.24, 2.45) is 0 Å². The Balaban J connectivity index is 2.06. The van der Waals surface area contributed by atoms with Crippen LogP contribution in [-0.4, -0.2) is 71.6 Å². The molecule has 0 heterocycles. The summed E-state index contributed by atoms with van der Waals surface area (Å²) in [5, 5.41) is 11.7. The Labute approximate surface area is 233 Å². The lowest BCUT2D eigenvalue weighted by atomic mass is 10.1. The van der Waals surface area contributed by atoms with Crippen LogP contribution in [0.1, 0.15) is 0 Å². The van der Waals surface area contributed by atoms with Crippen LogP contribution in [0.15, 0.2) is 82.6 Å². The molecular formula is C27H29N3O6S3. The molecule has 0 aromatic heterocycles. The number of hydrogen-bond donors (Lipinski definition) is 2. The van der Waals surface area contributed by atoms with Crippen molar-refractivity contribution in [2.75, 3.05) is 43.7 Å². The minimum atomic E-state index is -4.94. The van der Waals surface area contributed by atoms with Gasteiger partial charge in [-0.2, -0.15) is 12.6 Å². The molecule has 0 aliphatic carbocycles. The second-order valence-electron chi connectivity index (χ2n) is 9.32. The van der Waals surface area contributed by atoms with Crippen molar-refractivity contribution in [1.29, 1.82) is 0 Å². The highest BCUT2D eigenvalue weighted by molar-refractivity contribution is 8.04. The lowest BCUT2D eigenvalue weighted by Crippen LogP contribution is -2.49. The lowest BCUT2D eigenvalue weighted by Gasteiger charge is -2.28. The van der Waals surface area contributed by atoms with Gasteiger partial charge in [0, 0.05) is 66.9 Å². The third kappa shape index (κ3) is 4.93. The van der Waals surface area contributed by atoms with Gasteiger partial charge >= 0.3 is 5.97 Å². The van der Waals surface area contributed by atoms with Gasteiger partial charge in [-0.05, 0) is 24.3 Å². The van der Waals surface area contributed by atoms with Gasteiger partial charge in [0.05, 0.1) is 9.79 Å². The summed E-state index contributed by atoms with van der Waals surface area (Å²) in [7, 11) is -2.67. The molecule has 4 aromatic carbocycles. The number of aliphatic carboxylic acids is 1. The van der Waals surface area contributed by atoms with Crippen molar-refractivity contribution in [2.45, 2.75) is 15.8 Å². The second-order valence-corrected chi connectivity index (χ2v) is 13.5. The zero-order valence-electron chi connectivity index (χ0n) is 21.8. The Hall–Kier alpha value is -3.32. The van der Waals surface area contributed by atoms with E-state index in [0.717, 1.165) is 0 Å². The Bertz CT molecular complexity index is 1670. The van der Waals surface area contributed by atoms with E-state index in [1.54, 1.807) is 86.5 Å². The molecule has 1 N–H and O–H groups in total. The standard InChI is InChI=1S/C27H29N3O6S3/c1-28(2)22-13-5-11-20-18(22)9-7-15-25(20)38(33,34)30(24(17-37)27(31)32)39(35,36)26-16-8-10-19-21(26)12-6-14-23(19)29(3)4/h5-16,24,37H,17H2,1-4H3,(H,31,32). The summed E-state index contributed by atoms with van der Waals surface area (Å²) in [6.07, 6.45) is 0. The monoisotopic (exact) mass is 587 g/mol. The Morgan fingerprint density at radius 2 is 1.05 bits per heavy atom. The highest BCUT2D eigenvalue weighted by Crippen LogP contribution is 2.37. The summed E-state index contributed by atoms with van der Waals surface area (Å²) >= 11 is 4.05. The van der Waals surface area contributed by atoms with Crippen LogP contribution in [0.4, 0.5) is 11.4 Å². The number of benzene rings is 4. The van der Waals surface area contributed by atoms with Gasteiger partial charge in [0.2, 0.25) is 0 Å². The molecule has 0 radical (unpaired) electrons. The molecule has 0 saturated heterocycles. The Morgan fingerprint density at radius 3 is 1.38 bits per heavy atom. The van der Waals surface area contributed by atoms with E-state index in [2.05, 4.69) is 12.6 Å². The van der Waals surface area contributed by atoms with E-state index in [4.69, 9.17) is 0 Å². The summed E-state index contributed by atoms with van der Waals surface area (Å²) in [6, 6.07) is 17.1. The van der Waals surface area contributed by atoms with Crippen molar-refractivity contribution in [3.63, 3.8) is 0 Å². The van der Waals surface area contributed by atoms with Gasteiger partial charge in [-0.3, -0.25) is 4.79 Å². The Morgan fingerprint density at radius 1 is 0.692 bits per heavy atom. The molecular weight excluding hydrogens is 559 g/mol. The summed E-state index contributed by atoms with van der Waals surface area (Å²) in [6.45, 7) is 0. The number of fused-ring (bicyclic) bond motifs is 2. The third-order valence-corrected chi connectivity index (χ3v) is 11.2. The predicted molar refractivity (Wildman–Crippen MR) is 158 cm³/mol. The molecule has 0 bridgehead atoms. The largest absolute Gasteiger partial charge is 0.480 e. The highest BCUT2D eigenvalue weighted by Gasteiger charge is 2.46. The number of sulfonamides is 2. The number of nitrogens with zero attached hydrogens (tertiary/aromatic N) is 3. The zero-order valence-corrected chi connectivity index (χ0v) is 24.3. The average Bonchev–Trinajstić information content (AvgIpc) is 2.89. The van der Waals surface area contributed by atoms with Gasteiger partial charge in [-0.1, -0.05) is 52.2 Å². The first-order valence-electron chi connectivity index (χ1n) is 11.9. The van der Waals surface area contributed by atoms with Gasteiger partial charge < -0.3 is 14.9 Å². The summed E-state index contributed by atoms with van der Waals surface area (Å²) in [4.78, 5) is 15.3. The third-order valence-electron chi connectivity index (χ3n) is 6.42. The number of hydrogen-bond acceptors (Lipinski definition) is 8. The lowest BCUT2D eigenvalue weighted by molar-refractivity contribution is -0.139. The number of carbonyl (C=O) groups is 1. The van der Waals surface area contributed by atoms with E-state index in [0.29, 0.717) is 22.1 Å². The Kier molecular flexibility index (Phi) is 7.86. The average molecular weight is 588 g/mol. The van der Waals surface area contributed by atoms with Gasteiger partial charge in [-0.15, -0.1) is 0 Å². The topological polar surface area (TPSA) is 115 Å². The molecule has 0 amide bonds.